The van der Waals surface area contributed by atoms with Gasteiger partial charge in [-0.3, -0.25) is 15.2 Å². The second kappa shape index (κ2) is 7.00. The van der Waals surface area contributed by atoms with Crippen molar-refractivity contribution in [3.05, 3.63) is 59.7 Å². The number of fused-ring (bicyclic) bond motifs is 1. The lowest BCUT2D eigenvalue weighted by atomic mass is 9.85. The predicted octanol–water partition coefficient (Wildman–Crippen LogP) is 2.77. The van der Waals surface area contributed by atoms with E-state index in [0.717, 1.165) is 17.5 Å². The smallest absolute Gasteiger partial charge is 0.271 e. The second-order valence-electron chi connectivity index (χ2n) is 6.78. The average molecular weight is 350 g/mol. The van der Waals surface area contributed by atoms with Crippen molar-refractivity contribution in [3.8, 4) is 5.75 Å². The number of aliphatic imine (C=N–C) groups is 1. The van der Waals surface area contributed by atoms with Crippen LogP contribution < -0.4 is 15.9 Å². The highest BCUT2D eigenvalue weighted by Gasteiger charge is 2.30. The highest BCUT2D eigenvalue weighted by molar-refractivity contribution is 6.70. The zero-order valence-electron chi connectivity index (χ0n) is 15.1. The van der Waals surface area contributed by atoms with E-state index in [2.05, 4.69) is 10.5 Å². The Morgan fingerprint density at radius 3 is 2.73 bits per heavy atom. The van der Waals surface area contributed by atoms with E-state index < -0.39 is 5.91 Å². The summed E-state index contributed by atoms with van der Waals surface area (Å²) in [6, 6.07) is 15.1. The molecule has 2 aromatic rings. The molecule has 0 aromatic heterocycles. The summed E-state index contributed by atoms with van der Waals surface area (Å²) < 4.78 is 5.20. The minimum atomic E-state index is -0.633. The van der Waals surface area contributed by atoms with Crippen LogP contribution >= 0.6 is 0 Å². The molecule has 6 heteroatoms. The summed E-state index contributed by atoms with van der Waals surface area (Å²) in [5.41, 5.74) is 11.5. The van der Waals surface area contributed by atoms with E-state index in [-0.39, 0.29) is 11.3 Å². The van der Waals surface area contributed by atoms with Gasteiger partial charge in [0.2, 0.25) is 0 Å². The zero-order chi connectivity index (χ0) is 18.7. The molecular weight excluding hydrogens is 328 g/mol. The highest BCUT2D eigenvalue weighted by atomic mass is 16.5. The monoisotopic (exact) mass is 350 g/mol. The average Bonchev–Trinajstić information content (AvgIpc) is 2.60. The van der Waals surface area contributed by atoms with Gasteiger partial charge in [-0.05, 0) is 38.0 Å². The molecule has 0 aliphatic carbocycles. The lowest BCUT2D eigenvalue weighted by Crippen LogP contribution is -2.38. The third kappa shape index (κ3) is 3.74. The molecule has 1 aliphatic rings. The fourth-order valence-electron chi connectivity index (χ4n) is 2.99. The van der Waals surface area contributed by atoms with E-state index in [4.69, 9.17) is 15.5 Å². The summed E-state index contributed by atoms with van der Waals surface area (Å²) in [4.78, 5) is 16.9. The summed E-state index contributed by atoms with van der Waals surface area (Å²) in [7, 11) is 1.59. The molecule has 1 amide bonds. The Labute approximate surface area is 152 Å². The van der Waals surface area contributed by atoms with Gasteiger partial charge in [0.25, 0.3) is 5.91 Å². The Bertz CT molecular complexity index is 900. The van der Waals surface area contributed by atoms with Crippen molar-refractivity contribution in [1.82, 2.24) is 0 Å². The lowest BCUT2D eigenvalue weighted by Gasteiger charge is -2.28. The molecule has 0 fully saturated rings. The van der Waals surface area contributed by atoms with Crippen LogP contribution in [-0.4, -0.2) is 30.0 Å². The lowest BCUT2D eigenvalue weighted by molar-refractivity contribution is -0.111. The third-order valence-electron chi connectivity index (χ3n) is 4.13. The standard InChI is InChI=1S/C20H22N4O2/c1-20(2)12-13-7-4-5-10-16(13)17(22-20)18(19(21)25)24-23-14-8-6-9-15(11-14)26-3/h4-11,23H,12H2,1-3H3,(H2,21,25)/b24-18+. The number of benzene rings is 2. The maximum atomic E-state index is 12.1. The summed E-state index contributed by atoms with van der Waals surface area (Å²) in [6.45, 7) is 4.05. The summed E-state index contributed by atoms with van der Waals surface area (Å²) in [6.07, 6.45) is 0.794. The van der Waals surface area contributed by atoms with Gasteiger partial charge in [0.1, 0.15) is 5.75 Å². The molecule has 3 rings (SSSR count). The largest absolute Gasteiger partial charge is 0.497 e. The van der Waals surface area contributed by atoms with E-state index in [0.29, 0.717) is 17.1 Å². The maximum Gasteiger partial charge on any atom is 0.271 e. The van der Waals surface area contributed by atoms with Crippen LogP contribution in [0.4, 0.5) is 5.69 Å². The first kappa shape index (κ1) is 17.7. The summed E-state index contributed by atoms with van der Waals surface area (Å²) >= 11 is 0. The van der Waals surface area contributed by atoms with E-state index in [1.165, 1.54) is 0 Å². The fourth-order valence-corrected chi connectivity index (χ4v) is 2.99. The van der Waals surface area contributed by atoms with Crippen LogP contribution in [0.3, 0.4) is 0 Å². The van der Waals surface area contributed by atoms with Gasteiger partial charge in [-0.25, -0.2) is 0 Å². The predicted molar refractivity (Wildman–Crippen MR) is 104 cm³/mol. The second-order valence-corrected chi connectivity index (χ2v) is 6.78. The maximum absolute atomic E-state index is 12.1. The normalized spacial score (nSPS) is 15.7. The Balaban J connectivity index is 2.01. The van der Waals surface area contributed by atoms with Crippen molar-refractivity contribution in [3.63, 3.8) is 0 Å². The molecule has 0 radical (unpaired) electrons. The quantitative estimate of drug-likeness (QED) is 0.642. The van der Waals surface area contributed by atoms with Crippen LogP contribution in [0.1, 0.15) is 25.0 Å². The third-order valence-corrected chi connectivity index (χ3v) is 4.13. The molecule has 1 aliphatic heterocycles. The number of primary amides is 1. The molecule has 134 valence electrons. The van der Waals surface area contributed by atoms with Gasteiger partial charge < -0.3 is 10.5 Å². The zero-order valence-corrected chi connectivity index (χ0v) is 15.1. The Kier molecular flexibility index (Phi) is 4.75. The highest BCUT2D eigenvalue weighted by Crippen LogP contribution is 2.27. The first-order valence-electron chi connectivity index (χ1n) is 8.36. The van der Waals surface area contributed by atoms with Crippen LogP contribution in [0.5, 0.6) is 5.75 Å². The van der Waals surface area contributed by atoms with E-state index in [1.807, 2.05) is 56.3 Å². The summed E-state index contributed by atoms with van der Waals surface area (Å²) in [5, 5.41) is 4.26. The number of ether oxygens (including phenoxy) is 1. The number of carbonyl (C=O) groups is 1. The molecule has 3 N–H and O–H groups in total. The molecule has 0 bridgehead atoms. The molecule has 0 saturated heterocycles. The van der Waals surface area contributed by atoms with E-state index in [1.54, 1.807) is 13.2 Å². The topological polar surface area (TPSA) is 89.1 Å². The Morgan fingerprint density at radius 2 is 2.00 bits per heavy atom. The minimum absolute atomic E-state index is 0.105. The van der Waals surface area contributed by atoms with E-state index >= 15 is 0 Å². The number of methoxy groups -OCH3 is 1. The van der Waals surface area contributed by atoms with Crippen molar-refractivity contribution in [2.24, 2.45) is 15.8 Å². The summed E-state index contributed by atoms with van der Waals surface area (Å²) in [5.74, 6) is 0.0546. The van der Waals surface area contributed by atoms with Crippen LogP contribution in [0, 0.1) is 0 Å². The van der Waals surface area contributed by atoms with Crippen molar-refractivity contribution >= 4 is 23.0 Å². The van der Waals surface area contributed by atoms with Crippen LogP contribution in [0.25, 0.3) is 0 Å². The number of nitrogens with zero attached hydrogens (tertiary/aromatic N) is 2. The fraction of sp³-hybridized carbons (Fsp3) is 0.250. The van der Waals surface area contributed by atoms with Crippen molar-refractivity contribution < 1.29 is 9.53 Å². The molecule has 0 saturated carbocycles. The van der Waals surface area contributed by atoms with Crippen molar-refractivity contribution in [2.75, 3.05) is 12.5 Å². The Hall–Kier alpha value is -3.15. The number of nitrogens with two attached hydrogens (primary N) is 1. The van der Waals surface area contributed by atoms with Crippen LogP contribution in [-0.2, 0) is 11.2 Å². The number of nitrogens with one attached hydrogen (secondary N) is 1. The van der Waals surface area contributed by atoms with Gasteiger partial charge in [0, 0.05) is 11.6 Å². The number of anilines is 1. The number of hydrogen-bond acceptors (Lipinski definition) is 5. The van der Waals surface area contributed by atoms with Gasteiger partial charge in [-0.1, -0.05) is 30.3 Å². The Morgan fingerprint density at radius 1 is 1.23 bits per heavy atom. The van der Waals surface area contributed by atoms with Gasteiger partial charge >= 0.3 is 0 Å². The number of hydrazone groups is 1. The molecule has 26 heavy (non-hydrogen) atoms. The van der Waals surface area contributed by atoms with Crippen LogP contribution in [0.2, 0.25) is 0 Å². The molecular formula is C20H22N4O2. The first-order chi connectivity index (χ1) is 12.4. The van der Waals surface area contributed by atoms with Gasteiger partial charge in [-0.15, -0.1) is 0 Å². The van der Waals surface area contributed by atoms with Crippen molar-refractivity contribution in [1.29, 1.82) is 0 Å². The molecule has 0 atom stereocenters. The molecule has 1 heterocycles. The molecule has 0 spiro atoms. The molecule has 2 aromatic carbocycles. The molecule has 6 nitrogen and oxygen atoms in total. The van der Waals surface area contributed by atoms with Gasteiger partial charge in [-0.2, -0.15) is 5.10 Å². The van der Waals surface area contributed by atoms with Gasteiger partial charge in [0.15, 0.2) is 5.71 Å². The SMILES string of the molecule is COc1cccc(N/N=C(/C(N)=O)C2=NC(C)(C)Cc3ccccc32)c1. The minimum Gasteiger partial charge on any atom is -0.497 e. The molecule has 0 unspecified atom stereocenters. The van der Waals surface area contributed by atoms with Crippen LogP contribution in [0.15, 0.2) is 58.6 Å². The van der Waals surface area contributed by atoms with E-state index in [9.17, 15) is 4.79 Å². The first-order valence-corrected chi connectivity index (χ1v) is 8.36. The number of carbonyl (C=O) groups excluding carboxylic acids is 1. The number of rotatable bonds is 5. The van der Waals surface area contributed by atoms with Gasteiger partial charge in [0.05, 0.1) is 24.0 Å². The number of amides is 1. The van der Waals surface area contributed by atoms with Crippen molar-refractivity contribution in [2.45, 2.75) is 25.8 Å². The number of hydrogen-bond donors (Lipinski definition) is 2.